The highest BCUT2D eigenvalue weighted by Crippen LogP contribution is 2.82. The van der Waals surface area contributed by atoms with Gasteiger partial charge in [0.15, 0.2) is 6.29 Å². The van der Waals surface area contributed by atoms with Gasteiger partial charge in [-0.15, -0.1) is 0 Å². The van der Waals surface area contributed by atoms with Crippen LogP contribution >= 0.6 is 0 Å². The summed E-state index contributed by atoms with van der Waals surface area (Å²) in [5.74, 6) is 5.41. The largest absolute Gasteiger partial charge is 0.390 e. The van der Waals surface area contributed by atoms with E-state index in [0.717, 1.165) is 49.4 Å². The molecule has 7 fully saturated rings. The van der Waals surface area contributed by atoms with Crippen LogP contribution in [0.4, 0.5) is 0 Å². The summed E-state index contributed by atoms with van der Waals surface area (Å²) in [5.41, 5.74) is 0.359. The first kappa shape index (κ1) is 17.5. The fraction of sp³-hybridized carbons (Fsp3) is 1.00. The molecule has 1 spiro atoms. The van der Waals surface area contributed by atoms with Gasteiger partial charge in [-0.1, -0.05) is 13.8 Å². The molecule has 4 heteroatoms. The highest BCUT2D eigenvalue weighted by atomic mass is 16.6. The summed E-state index contributed by atoms with van der Waals surface area (Å²) in [7, 11) is 0. The fourth-order valence-corrected chi connectivity index (χ4v) is 10.7. The van der Waals surface area contributed by atoms with Crippen LogP contribution < -0.4 is 0 Å². The van der Waals surface area contributed by atoms with Gasteiger partial charge in [-0.3, -0.25) is 0 Å². The van der Waals surface area contributed by atoms with E-state index in [-0.39, 0.29) is 16.4 Å². The Kier molecular flexibility index (Phi) is 3.13. The maximum Gasteiger partial charge on any atom is 0.155 e. The Hall–Kier alpha value is -0.160. The van der Waals surface area contributed by atoms with Crippen molar-refractivity contribution < 1.29 is 20.1 Å². The van der Waals surface area contributed by atoms with Crippen LogP contribution in [0.1, 0.15) is 65.2 Å². The van der Waals surface area contributed by atoms with Crippen LogP contribution in [0.3, 0.4) is 0 Å². The number of fused-ring (bicyclic) bond motifs is 12. The minimum atomic E-state index is -0.550. The summed E-state index contributed by atoms with van der Waals surface area (Å²) >= 11 is 0. The minimum Gasteiger partial charge on any atom is -0.390 e. The van der Waals surface area contributed by atoms with Crippen LogP contribution in [0, 0.1) is 58.2 Å². The lowest BCUT2D eigenvalue weighted by atomic mass is 9.43. The third-order valence-electron chi connectivity index (χ3n) is 11.8. The molecule has 0 amide bonds. The van der Waals surface area contributed by atoms with Crippen LogP contribution in [-0.2, 0) is 4.74 Å². The summed E-state index contributed by atoms with van der Waals surface area (Å²) in [5, 5.41) is 31.6. The molecular formula is C24H36O4. The highest BCUT2D eigenvalue weighted by Gasteiger charge is 2.81. The van der Waals surface area contributed by atoms with E-state index in [2.05, 4.69) is 13.8 Å². The van der Waals surface area contributed by atoms with Crippen molar-refractivity contribution in [1.82, 2.24) is 0 Å². The predicted molar refractivity (Wildman–Crippen MR) is 103 cm³/mol. The maximum absolute atomic E-state index is 10.9. The first-order valence-corrected chi connectivity index (χ1v) is 12.0. The van der Waals surface area contributed by atoms with Crippen LogP contribution in [0.5, 0.6) is 0 Å². The molecule has 14 atom stereocenters. The van der Waals surface area contributed by atoms with Crippen molar-refractivity contribution in [2.24, 2.45) is 58.2 Å². The Bertz CT molecular complexity index is 725. The summed E-state index contributed by atoms with van der Waals surface area (Å²) in [6.45, 7) is 4.98. The minimum absolute atomic E-state index is 0.0584. The van der Waals surface area contributed by atoms with E-state index >= 15 is 0 Å². The lowest BCUT2D eigenvalue weighted by molar-refractivity contribution is -0.225. The van der Waals surface area contributed by atoms with Gasteiger partial charge in [0, 0.05) is 11.8 Å². The first-order valence-electron chi connectivity index (χ1n) is 12.0. The van der Waals surface area contributed by atoms with E-state index < -0.39 is 18.5 Å². The van der Waals surface area contributed by atoms with Gasteiger partial charge in [0.2, 0.25) is 0 Å². The Morgan fingerprint density at radius 2 is 1.61 bits per heavy atom. The molecule has 0 aromatic heterocycles. The van der Waals surface area contributed by atoms with Gasteiger partial charge in [0.25, 0.3) is 0 Å². The van der Waals surface area contributed by atoms with Crippen molar-refractivity contribution in [2.45, 2.75) is 89.3 Å². The van der Waals surface area contributed by atoms with E-state index in [1.165, 1.54) is 25.7 Å². The molecule has 0 aromatic carbocycles. The lowest BCUT2D eigenvalue weighted by Gasteiger charge is -2.63. The molecule has 3 N–H and O–H groups in total. The van der Waals surface area contributed by atoms with Crippen LogP contribution in [-0.4, -0.2) is 39.4 Å². The monoisotopic (exact) mass is 388 g/mol. The SMILES string of the molecule is C[C@]12CC[C@H](O)[C@H](O)C1[C@@H]1C[C@@H]1C1C2CC[C@@]2(C)C1[C@@H]1C[C@@H]1[C@@]21CCC(O)O1. The third kappa shape index (κ3) is 1.74. The highest BCUT2D eigenvalue weighted by molar-refractivity contribution is 5.29. The number of rotatable bonds is 0. The zero-order chi connectivity index (χ0) is 19.2. The molecular weight excluding hydrogens is 352 g/mol. The average molecular weight is 389 g/mol. The Morgan fingerprint density at radius 3 is 2.36 bits per heavy atom. The molecule has 1 aliphatic heterocycles. The first-order chi connectivity index (χ1) is 13.3. The van der Waals surface area contributed by atoms with Gasteiger partial charge in [-0.25, -0.2) is 0 Å². The zero-order valence-electron chi connectivity index (χ0n) is 17.3. The second kappa shape index (κ2) is 5.00. The van der Waals surface area contributed by atoms with Gasteiger partial charge in [0.05, 0.1) is 17.8 Å². The Morgan fingerprint density at radius 1 is 0.786 bits per heavy atom. The zero-order valence-corrected chi connectivity index (χ0v) is 17.3. The summed E-state index contributed by atoms with van der Waals surface area (Å²) in [6, 6.07) is 0. The van der Waals surface area contributed by atoms with E-state index in [1.807, 2.05) is 0 Å². The van der Waals surface area contributed by atoms with Crippen LogP contribution in [0.2, 0.25) is 0 Å². The molecule has 0 bridgehead atoms. The van der Waals surface area contributed by atoms with E-state index in [0.29, 0.717) is 23.7 Å². The molecule has 7 aliphatic rings. The van der Waals surface area contributed by atoms with Crippen molar-refractivity contribution in [1.29, 1.82) is 0 Å². The summed E-state index contributed by atoms with van der Waals surface area (Å²) in [6.07, 6.45) is 7.19. The topological polar surface area (TPSA) is 69.9 Å². The molecule has 4 nitrogen and oxygen atoms in total. The van der Waals surface area contributed by atoms with E-state index in [9.17, 15) is 15.3 Å². The molecule has 156 valence electrons. The molecule has 28 heavy (non-hydrogen) atoms. The van der Waals surface area contributed by atoms with E-state index in [1.54, 1.807) is 0 Å². The summed E-state index contributed by atoms with van der Waals surface area (Å²) < 4.78 is 6.41. The van der Waals surface area contributed by atoms with Crippen LogP contribution in [0.15, 0.2) is 0 Å². The summed E-state index contributed by atoms with van der Waals surface area (Å²) in [4.78, 5) is 0. The van der Waals surface area contributed by atoms with Crippen LogP contribution in [0.25, 0.3) is 0 Å². The molecule has 7 rings (SSSR count). The van der Waals surface area contributed by atoms with Gasteiger partial charge in [-0.05, 0) is 97.7 Å². The lowest BCUT2D eigenvalue weighted by Crippen LogP contribution is -2.61. The van der Waals surface area contributed by atoms with E-state index in [4.69, 9.17) is 4.74 Å². The van der Waals surface area contributed by atoms with Crippen molar-refractivity contribution in [2.75, 3.05) is 0 Å². The molecule has 1 saturated heterocycles. The average Bonchev–Trinajstić information content (AvgIpc) is 3.55. The second-order valence-electron chi connectivity index (χ2n) is 12.4. The van der Waals surface area contributed by atoms with Crippen molar-refractivity contribution in [3.05, 3.63) is 0 Å². The van der Waals surface area contributed by atoms with Gasteiger partial charge in [0.1, 0.15) is 0 Å². The number of aliphatic hydroxyl groups excluding tert-OH is 3. The molecule has 1 heterocycles. The number of hydrogen-bond acceptors (Lipinski definition) is 4. The Labute approximate surface area is 168 Å². The number of ether oxygens (including phenoxy) is 1. The smallest absolute Gasteiger partial charge is 0.155 e. The number of aliphatic hydroxyl groups is 3. The molecule has 0 aromatic rings. The van der Waals surface area contributed by atoms with Gasteiger partial charge >= 0.3 is 0 Å². The fourth-order valence-electron chi connectivity index (χ4n) is 10.7. The molecule has 0 radical (unpaired) electrons. The molecule has 6 saturated carbocycles. The Balaban J connectivity index is 1.29. The quantitative estimate of drug-likeness (QED) is 0.597. The van der Waals surface area contributed by atoms with Crippen molar-refractivity contribution in [3.8, 4) is 0 Å². The predicted octanol–water partition coefficient (Wildman–Crippen LogP) is 2.94. The van der Waals surface area contributed by atoms with Crippen molar-refractivity contribution in [3.63, 3.8) is 0 Å². The van der Waals surface area contributed by atoms with Gasteiger partial charge < -0.3 is 20.1 Å². The van der Waals surface area contributed by atoms with Crippen molar-refractivity contribution >= 4 is 0 Å². The molecule has 5 unspecified atom stereocenters. The third-order valence-corrected chi connectivity index (χ3v) is 11.8. The molecule has 6 aliphatic carbocycles. The second-order valence-corrected chi connectivity index (χ2v) is 12.4. The normalized spacial score (nSPS) is 71.2. The van der Waals surface area contributed by atoms with Gasteiger partial charge in [-0.2, -0.15) is 0 Å². The number of hydrogen-bond donors (Lipinski definition) is 3. The standard InChI is InChI=1S/C24H36O4/c1-22-6-4-16(25)21(27)20(22)12-9-11(12)18-14(22)3-7-23(2)19(18)13-10-15(13)24(23)8-5-17(26)28-24/h11-21,25-27H,3-10H2,1-2H3/t11-,12+,13+,14?,15-,16-,17?,18?,19?,20?,21-,22+,23-,24-/m0/s1. The maximum atomic E-state index is 10.9.